The van der Waals surface area contributed by atoms with Crippen LogP contribution in [0.3, 0.4) is 0 Å². The van der Waals surface area contributed by atoms with Crippen molar-refractivity contribution in [2.45, 2.75) is 6.92 Å². The van der Waals surface area contributed by atoms with Crippen LogP contribution in [0.15, 0.2) is 30.5 Å². The van der Waals surface area contributed by atoms with Crippen molar-refractivity contribution < 1.29 is 4.39 Å². The molecular weight excluding hydrogens is 225 g/mol. The van der Waals surface area contributed by atoms with Crippen molar-refractivity contribution in [3.05, 3.63) is 41.3 Å². The molecule has 0 atom stereocenters. The fourth-order valence-electron chi connectivity index (χ4n) is 1.60. The summed E-state index contributed by atoms with van der Waals surface area (Å²) in [5, 5.41) is 5.19. The molecule has 0 unspecified atom stereocenters. The van der Waals surface area contributed by atoms with E-state index in [4.69, 9.17) is 0 Å². The fourth-order valence-corrected chi connectivity index (χ4v) is 2.32. The zero-order chi connectivity index (χ0) is 11.1. The van der Waals surface area contributed by atoms with Gasteiger partial charge in [-0.3, -0.25) is 0 Å². The number of imidazole rings is 1. The van der Waals surface area contributed by atoms with Crippen LogP contribution in [-0.4, -0.2) is 14.6 Å². The summed E-state index contributed by atoms with van der Waals surface area (Å²) in [5.41, 5.74) is 1.13. The molecule has 1 aromatic carbocycles. The van der Waals surface area contributed by atoms with Gasteiger partial charge in [0.2, 0.25) is 4.96 Å². The monoisotopic (exact) mass is 233 g/mol. The number of hydrogen-bond donors (Lipinski definition) is 0. The lowest BCUT2D eigenvalue weighted by atomic mass is 10.1. The zero-order valence-corrected chi connectivity index (χ0v) is 9.33. The second kappa shape index (κ2) is 3.38. The quantitative estimate of drug-likeness (QED) is 0.647. The first-order valence-corrected chi connectivity index (χ1v) is 5.63. The molecule has 0 spiro atoms. The summed E-state index contributed by atoms with van der Waals surface area (Å²) in [5.74, 6) is -0.259. The third-order valence-corrected chi connectivity index (χ3v) is 3.13. The summed E-state index contributed by atoms with van der Waals surface area (Å²) in [6.45, 7) is 1.92. The predicted octanol–water partition coefficient (Wildman–Crippen LogP) is 2.91. The van der Waals surface area contributed by atoms with Crippen LogP contribution in [-0.2, 0) is 0 Å². The summed E-state index contributed by atoms with van der Waals surface area (Å²) >= 11 is 1.49. The second-order valence-corrected chi connectivity index (χ2v) is 4.61. The Bertz CT molecular complexity index is 625. The van der Waals surface area contributed by atoms with Gasteiger partial charge in [0.05, 0.1) is 11.9 Å². The van der Waals surface area contributed by atoms with Crippen LogP contribution in [0.2, 0.25) is 0 Å². The topological polar surface area (TPSA) is 30.2 Å². The van der Waals surface area contributed by atoms with E-state index in [-0.39, 0.29) is 5.82 Å². The molecule has 0 aliphatic rings. The van der Waals surface area contributed by atoms with E-state index in [9.17, 15) is 4.39 Å². The van der Waals surface area contributed by atoms with Crippen molar-refractivity contribution >= 4 is 16.3 Å². The van der Waals surface area contributed by atoms with E-state index in [0.29, 0.717) is 11.3 Å². The van der Waals surface area contributed by atoms with E-state index in [1.165, 1.54) is 17.4 Å². The highest BCUT2D eigenvalue weighted by atomic mass is 32.1. The highest BCUT2D eigenvalue weighted by Crippen LogP contribution is 2.23. The predicted molar refractivity (Wildman–Crippen MR) is 61.0 cm³/mol. The van der Waals surface area contributed by atoms with E-state index in [0.717, 1.165) is 9.97 Å². The summed E-state index contributed by atoms with van der Waals surface area (Å²) in [4.78, 5) is 5.13. The molecule has 0 aliphatic heterocycles. The summed E-state index contributed by atoms with van der Waals surface area (Å²) in [6, 6.07) is 6.61. The third kappa shape index (κ3) is 1.40. The van der Waals surface area contributed by atoms with Crippen LogP contribution in [0.1, 0.15) is 5.01 Å². The van der Waals surface area contributed by atoms with Crippen LogP contribution >= 0.6 is 11.3 Å². The highest BCUT2D eigenvalue weighted by molar-refractivity contribution is 7.16. The zero-order valence-electron chi connectivity index (χ0n) is 8.51. The van der Waals surface area contributed by atoms with Crippen molar-refractivity contribution in [1.82, 2.24) is 14.6 Å². The van der Waals surface area contributed by atoms with Gasteiger partial charge < -0.3 is 0 Å². The Balaban J connectivity index is 2.19. The van der Waals surface area contributed by atoms with Gasteiger partial charge >= 0.3 is 0 Å². The van der Waals surface area contributed by atoms with Crippen LogP contribution < -0.4 is 0 Å². The molecule has 0 bridgehead atoms. The molecule has 0 amide bonds. The molecular formula is C11H8FN3S. The molecule has 0 saturated heterocycles. The number of hydrogen-bond acceptors (Lipinski definition) is 3. The van der Waals surface area contributed by atoms with Gasteiger partial charge in [0, 0.05) is 5.56 Å². The van der Waals surface area contributed by atoms with E-state index in [1.54, 1.807) is 28.9 Å². The number of halogens is 1. The number of aryl methyl sites for hydroxylation is 1. The van der Waals surface area contributed by atoms with Gasteiger partial charge in [0.15, 0.2) is 0 Å². The van der Waals surface area contributed by atoms with Crippen molar-refractivity contribution in [3.63, 3.8) is 0 Å². The molecule has 3 aromatic rings. The van der Waals surface area contributed by atoms with E-state index >= 15 is 0 Å². The fraction of sp³-hybridized carbons (Fsp3) is 0.0909. The smallest absolute Gasteiger partial charge is 0.212 e. The molecule has 0 fully saturated rings. The molecule has 0 N–H and O–H groups in total. The lowest BCUT2D eigenvalue weighted by Gasteiger charge is -1.96. The molecule has 80 valence electrons. The van der Waals surface area contributed by atoms with E-state index < -0.39 is 0 Å². The van der Waals surface area contributed by atoms with Crippen LogP contribution in [0.4, 0.5) is 4.39 Å². The molecule has 0 saturated carbocycles. The number of aromatic nitrogens is 3. The Morgan fingerprint density at radius 2 is 2.12 bits per heavy atom. The molecule has 3 rings (SSSR count). The average molecular weight is 233 g/mol. The van der Waals surface area contributed by atoms with Gasteiger partial charge in [-0.2, -0.15) is 5.10 Å². The lowest BCUT2D eigenvalue weighted by molar-refractivity contribution is 0.631. The first kappa shape index (κ1) is 9.47. The van der Waals surface area contributed by atoms with E-state index in [2.05, 4.69) is 10.1 Å². The maximum absolute atomic E-state index is 13.5. The molecule has 16 heavy (non-hydrogen) atoms. The average Bonchev–Trinajstić information content (AvgIpc) is 2.75. The van der Waals surface area contributed by atoms with Crippen molar-refractivity contribution in [2.75, 3.05) is 0 Å². The largest absolute Gasteiger partial charge is 0.217 e. The number of nitrogens with zero attached hydrogens (tertiary/aromatic N) is 3. The van der Waals surface area contributed by atoms with Gasteiger partial charge in [-0.15, -0.1) is 0 Å². The Morgan fingerprint density at radius 1 is 1.31 bits per heavy atom. The maximum atomic E-state index is 13.5. The number of rotatable bonds is 1. The van der Waals surface area contributed by atoms with Crippen LogP contribution in [0.5, 0.6) is 0 Å². The van der Waals surface area contributed by atoms with Gasteiger partial charge in [-0.1, -0.05) is 23.5 Å². The Kier molecular flexibility index (Phi) is 2.00. The van der Waals surface area contributed by atoms with Crippen LogP contribution in [0, 0.1) is 12.7 Å². The summed E-state index contributed by atoms with van der Waals surface area (Å²) in [6.07, 6.45) is 1.75. The molecule has 0 aliphatic carbocycles. The number of fused-ring (bicyclic) bond motifs is 1. The SMILES string of the molecule is Cc1nn2cc(-c3ccccc3F)nc2s1. The minimum Gasteiger partial charge on any atom is -0.217 e. The second-order valence-electron chi connectivity index (χ2n) is 3.45. The normalized spacial score (nSPS) is 11.1. The van der Waals surface area contributed by atoms with Crippen molar-refractivity contribution in [1.29, 1.82) is 0 Å². The number of benzene rings is 1. The lowest BCUT2D eigenvalue weighted by Crippen LogP contribution is -1.83. The Hall–Kier alpha value is -1.75. The minimum atomic E-state index is -0.259. The first-order chi connectivity index (χ1) is 7.74. The van der Waals surface area contributed by atoms with Gasteiger partial charge in [-0.05, 0) is 19.1 Å². The summed E-state index contributed by atoms with van der Waals surface area (Å²) in [7, 11) is 0. The van der Waals surface area contributed by atoms with Gasteiger partial charge in [-0.25, -0.2) is 13.9 Å². The van der Waals surface area contributed by atoms with Gasteiger partial charge in [0.25, 0.3) is 0 Å². The van der Waals surface area contributed by atoms with Crippen LogP contribution in [0.25, 0.3) is 16.2 Å². The van der Waals surface area contributed by atoms with Gasteiger partial charge in [0.1, 0.15) is 10.8 Å². The molecule has 2 heterocycles. The maximum Gasteiger partial charge on any atom is 0.212 e. The van der Waals surface area contributed by atoms with Crippen molar-refractivity contribution in [3.8, 4) is 11.3 Å². The van der Waals surface area contributed by atoms with Crippen molar-refractivity contribution in [2.24, 2.45) is 0 Å². The summed E-state index contributed by atoms with van der Waals surface area (Å²) < 4.78 is 15.2. The standard InChI is InChI=1S/C11H8FN3S/c1-7-14-15-6-10(13-11(15)16-7)8-4-2-3-5-9(8)12/h2-6H,1H3. The molecule has 0 radical (unpaired) electrons. The minimum absolute atomic E-state index is 0.259. The molecule has 5 heteroatoms. The highest BCUT2D eigenvalue weighted by Gasteiger charge is 2.10. The first-order valence-electron chi connectivity index (χ1n) is 4.82. The molecule has 2 aromatic heterocycles. The third-order valence-electron chi connectivity index (χ3n) is 2.29. The van der Waals surface area contributed by atoms with E-state index in [1.807, 2.05) is 6.92 Å². The molecule has 3 nitrogen and oxygen atoms in total. The Labute approximate surface area is 95.2 Å². The Morgan fingerprint density at radius 3 is 2.88 bits per heavy atom.